The summed E-state index contributed by atoms with van der Waals surface area (Å²) in [5.74, 6) is 0. The number of nitrogens with zero attached hydrogens (tertiary/aromatic N) is 2. The number of rotatable bonds is 5. The first-order valence-corrected chi connectivity index (χ1v) is 8.35. The van der Waals surface area contributed by atoms with Crippen molar-refractivity contribution in [1.82, 2.24) is 9.29 Å². The highest BCUT2D eigenvalue weighted by Crippen LogP contribution is 2.28. The standard InChI is InChI=1S/C13H17N3O2S2/c1-10-13(7-12(8-14)19-10)20(17,18)16(2)9-11-3-5-15-6-4-11/h3-7H,8-9,14H2,1-2H3. The van der Waals surface area contributed by atoms with E-state index in [1.54, 1.807) is 44.6 Å². The summed E-state index contributed by atoms with van der Waals surface area (Å²) in [5.41, 5.74) is 6.47. The Morgan fingerprint density at radius 1 is 1.35 bits per heavy atom. The molecule has 7 heteroatoms. The van der Waals surface area contributed by atoms with E-state index >= 15 is 0 Å². The van der Waals surface area contributed by atoms with E-state index in [0.717, 1.165) is 15.3 Å². The molecule has 0 bridgehead atoms. The van der Waals surface area contributed by atoms with E-state index in [1.807, 2.05) is 0 Å². The fourth-order valence-corrected chi connectivity index (χ4v) is 4.52. The van der Waals surface area contributed by atoms with Crippen molar-refractivity contribution in [2.75, 3.05) is 7.05 Å². The molecule has 0 saturated carbocycles. The van der Waals surface area contributed by atoms with E-state index in [-0.39, 0.29) is 0 Å². The topological polar surface area (TPSA) is 76.3 Å². The van der Waals surface area contributed by atoms with E-state index in [9.17, 15) is 8.42 Å². The highest BCUT2D eigenvalue weighted by atomic mass is 32.2. The fourth-order valence-electron chi connectivity index (χ4n) is 1.88. The van der Waals surface area contributed by atoms with E-state index in [4.69, 9.17) is 5.73 Å². The van der Waals surface area contributed by atoms with Crippen molar-refractivity contribution >= 4 is 21.4 Å². The highest BCUT2D eigenvalue weighted by Gasteiger charge is 2.24. The minimum Gasteiger partial charge on any atom is -0.326 e. The molecule has 2 N–H and O–H groups in total. The van der Waals surface area contributed by atoms with Crippen molar-refractivity contribution < 1.29 is 8.42 Å². The Morgan fingerprint density at radius 2 is 2.00 bits per heavy atom. The lowest BCUT2D eigenvalue weighted by atomic mass is 10.3. The summed E-state index contributed by atoms with van der Waals surface area (Å²) in [7, 11) is -1.91. The molecule has 2 rings (SSSR count). The second-order valence-electron chi connectivity index (χ2n) is 4.45. The molecule has 0 amide bonds. The number of hydrogen-bond donors (Lipinski definition) is 1. The predicted octanol–water partition coefficient (Wildman–Crippen LogP) is 1.73. The van der Waals surface area contributed by atoms with Crippen LogP contribution < -0.4 is 5.73 Å². The molecule has 108 valence electrons. The van der Waals surface area contributed by atoms with E-state index < -0.39 is 10.0 Å². The van der Waals surface area contributed by atoms with Crippen LogP contribution in [0.1, 0.15) is 15.3 Å². The maximum Gasteiger partial charge on any atom is 0.244 e. The molecule has 20 heavy (non-hydrogen) atoms. The lowest BCUT2D eigenvalue weighted by Gasteiger charge is -2.17. The third-order valence-corrected chi connectivity index (χ3v) is 6.10. The Kier molecular flexibility index (Phi) is 4.54. The molecule has 2 aromatic heterocycles. The normalized spacial score (nSPS) is 12.0. The zero-order chi connectivity index (χ0) is 14.8. The lowest BCUT2D eigenvalue weighted by molar-refractivity contribution is 0.466. The Bertz CT molecular complexity index is 681. The third kappa shape index (κ3) is 3.06. The van der Waals surface area contributed by atoms with Gasteiger partial charge in [0.15, 0.2) is 0 Å². The van der Waals surface area contributed by atoms with Gasteiger partial charge in [-0.2, -0.15) is 4.31 Å². The van der Waals surface area contributed by atoms with E-state index in [0.29, 0.717) is 18.0 Å². The largest absolute Gasteiger partial charge is 0.326 e. The van der Waals surface area contributed by atoms with Crippen LogP contribution in [0.4, 0.5) is 0 Å². The number of hydrogen-bond acceptors (Lipinski definition) is 5. The van der Waals surface area contributed by atoms with Gasteiger partial charge in [-0.1, -0.05) is 0 Å². The van der Waals surface area contributed by atoms with E-state index in [1.165, 1.54) is 15.6 Å². The van der Waals surface area contributed by atoms with Crippen molar-refractivity contribution in [3.05, 3.63) is 45.9 Å². The summed E-state index contributed by atoms with van der Waals surface area (Å²) in [6.07, 6.45) is 3.30. The summed E-state index contributed by atoms with van der Waals surface area (Å²) in [4.78, 5) is 5.91. The van der Waals surface area contributed by atoms with Crippen LogP contribution in [0.25, 0.3) is 0 Å². The number of sulfonamides is 1. The molecule has 0 aliphatic carbocycles. The molecule has 0 aliphatic rings. The molecule has 5 nitrogen and oxygen atoms in total. The SMILES string of the molecule is Cc1sc(CN)cc1S(=O)(=O)N(C)Cc1ccncc1. The number of thiophene rings is 1. The van der Waals surface area contributed by atoms with Crippen molar-refractivity contribution in [3.63, 3.8) is 0 Å². The Morgan fingerprint density at radius 3 is 2.55 bits per heavy atom. The van der Waals surface area contributed by atoms with Crippen LogP contribution in [0.5, 0.6) is 0 Å². The average molecular weight is 311 g/mol. The molecule has 0 aromatic carbocycles. The minimum absolute atomic E-state index is 0.318. The summed E-state index contributed by atoms with van der Waals surface area (Å²) in [6.45, 7) is 2.48. The van der Waals surface area contributed by atoms with Gasteiger partial charge in [-0.25, -0.2) is 8.42 Å². The van der Waals surface area contributed by atoms with Gasteiger partial charge in [0, 0.05) is 42.3 Å². The molecule has 0 atom stereocenters. The zero-order valence-electron chi connectivity index (χ0n) is 11.4. The number of aromatic nitrogens is 1. The number of pyridine rings is 1. The van der Waals surface area contributed by atoms with Gasteiger partial charge in [0.1, 0.15) is 0 Å². The van der Waals surface area contributed by atoms with Crippen molar-refractivity contribution in [3.8, 4) is 0 Å². The van der Waals surface area contributed by atoms with Crippen LogP contribution in [0.2, 0.25) is 0 Å². The van der Waals surface area contributed by atoms with Crippen LogP contribution in [0.15, 0.2) is 35.5 Å². The fraction of sp³-hybridized carbons (Fsp3) is 0.308. The summed E-state index contributed by atoms with van der Waals surface area (Å²) in [6, 6.07) is 5.27. The van der Waals surface area contributed by atoms with Crippen molar-refractivity contribution in [1.29, 1.82) is 0 Å². The van der Waals surface area contributed by atoms with Crippen LogP contribution >= 0.6 is 11.3 Å². The second kappa shape index (κ2) is 6.01. The maximum absolute atomic E-state index is 12.6. The molecule has 2 heterocycles. The van der Waals surface area contributed by atoms with Gasteiger partial charge in [0.2, 0.25) is 10.0 Å². The van der Waals surface area contributed by atoms with Gasteiger partial charge in [0.05, 0.1) is 4.90 Å². The monoisotopic (exact) mass is 311 g/mol. The first-order valence-electron chi connectivity index (χ1n) is 6.09. The van der Waals surface area contributed by atoms with Gasteiger partial charge in [0.25, 0.3) is 0 Å². The molecule has 0 aliphatic heterocycles. The van der Waals surface area contributed by atoms with Crippen LogP contribution in [-0.4, -0.2) is 24.8 Å². The molecular weight excluding hydrogens is 294 g/mol. The third-order valence-electron chi connectivity index (χ3n) is 2.97. The average Bonchev–Trinajstić information content (AvgIpc) is 2.82. The second-order valence-corrected chi connectivity index (χ2v) is 7.81. The molecule has 0 unspecified atom stereocenters. The van der Waals surface area contributed by atoms with Crippen LogP contribution in [0.3, 0.4) is 0 Å². The number of nitrogens with two attached hydrogens (primary N) is 1. The Balaban J connectivity index is 2.27. The first-order chi connectivity index (χ1) is 9.45. The summed E-state index contributed by atoms with van der Waals surface area (Å²) < 4.78 is 26.5. The van der Waals surface area contributed by atoms with Gasteiger partial charge < -0.3 is 5.73 Å². The van der Waals surface area contributed by atoms with Gasteiger partial charge in [-0.15, -0.1) is 11.3 Å². The molecule has 2 aromatic rings. The van der Waals surface area contributed by atoms with Crippen molar-refractivity contribution in [2.24, 2.45) is 5.73 Å². The highest BCUT2D eigenvalue weighted by molar-refractivity contribution is 7.89. The van der Waals surface area contributed by atoms with Crippen LogP contribution in [-0.2, 0) is 23.1 Å². The first kappa shape index (κ1) is 15.1. The zero-order valence-corrected chi connectivity index (χ0v) is 13.0. The lowest BCUT2D eigenvalue weighted by Crippen LogP contribution is -2.26. The molecular formula is C13H17N3O2S2. The predicted molar refractivity (Wildman–Crippen MR) is 79.8 cm³/mol. The molecule has 0 saturated heterocycles. The molecule has 0 spiro atoms. The minimum atomic E-state index is -3.49. The van der Waals surface area contributed by atoms with Crippen LogP contribution in [0, 0.1) is 6.92 Å². The van der Waals surface area contributed by atoms with E-state index in [2.05, 4.69) is 4.98 Å². The van der Waals surface area contributed by atoms with Gasteiger partial charge in [-0.3, -0.25) is 4.98 Å². The smallest absolute Gasteiger partial charge is 0.244 e. The van der Waals surface area contributed by atoms with Gasteiger partial charge >= 0.3 is 0 Å². The molecule has 0 radical (unpaired) electrons. The Hall–Kier alpha value is -1.28. The van der Waals surface area contributed by atoms with Gasteiger partial charge in [-0.05, 0) is 30.7 Å². The summed E-state index contributed by atoms with van der Waals surface area (Å²) in [5, 5.41) is 0. The quantitative estimate of drug-likeness (QED) is 0.912. The maximum atomic E-state index is 12.6. The summed E-state index contributed by atoms with van der Waals surface area (Å²) >= 11 is 1.42. The molecule has 0 fully saturated rings. The van der Waals surface area contributed by atoms with Crippen molar-refractivity contribution in [2.45, 2.75) is 24.9 Å². The Labute approximate surface area is 123 Å². The number of aryl methyl sites for hydroxylation is 1.